The molecule has 2 N–H and O–H groups in total. The molecular formula is C17H20N2O3. The second-order valence-electron chi connectivity index (χ2n) is 5.09. The highest BCUT2D eigenvalue weighted by atomic mass is 16.5. The first-order valence-corrected chi connectivity index (χ1v) is 7.16. The maximum Gasteiger partial charge on any atom is 0.339 e. The fraction of sp³-hybridized carbons (Fsp3) is 0.294. The summed E-state index contributed by atoms with van der Waals surface area (Å²) in [7, 11) is 1.33. The van der Waals surface area contributed by atoms with Crippen LogP contribution in [0.15, 0.2) is 24.3 Å². The molecule has 0 aliphatic carbocycles. The molecule has 1 aromatic heterocycles. The molecule has 2 aromatic rings. The minimum absolute atomic E-state index is 0.267. The van der Waals surface area contributed by atoms with Gasteiger partial charge < -0.3 is 15.0 Å². The van der Waals surface area contributed by atoms with E-state index in [9.17, 15) is 9.59 Å². The van der Waals surface area contributed by atoms with Crippen molar-refractivity contribution in [3.05, 3.63) is 52.3 Å². The van der Waals surface area contributed by atoms with Gasteiger partial charge in [-0.25, -0.2) is 4.79 Å². The predicted octanol–water partition coefficient (Wildman–Crippen LogP) is 3.23. The van der Waals surface area contributed by atoms with Crippen LogP contribution in [0.3, 0.4) is 0 Å². The molecule has 0 fully saturated rings. The topological polar surface area (TPSA) is 71.2 Å². The van der Waals surface area contributed by atoms with Gasteiger partial charge in [0.2, 0.25) is 0 Å². The fourth-order valence-corrected chi connectivity index (χ4v) is 2.43. The van der Waals surface area contributed by atoms with Crippen LogP contribution >= 0.6 is 0 Å². The standard InChI is InChI=1S/C17H20N2O3/c1-5-12-14(17(21)22-4)11(3)15(18-12)16(20)19-13-9-7-6-8-10(13)2/h6-9,18H,5H2,1-4H3,(H,19,20). The number of anilines is 1. The van der Waals surface area contributed by atoms with Crippen LogP contribution < -0.4 is 5.32 Å². The number of methoxy groups -OCH3 is 1. The van der Waals surface area contributed by atoms with Crippen molar-refractivity contribution in [2.75, 3.05) is 12.4 Å². The maximum atomic E-state index is 12.5. The number of aryl methyl sites for hydroxylation is 2. The molecule has 0 saturated heterocycles. The lowest BCUT2D eigenvalue weighted by molar-refractivity contribution is 0.0599. The van der Waals surface area contributed by atoms with Crippen LogP contribution in [-0.4, -0.2) is 24.0 Å². The largest absolute Gasteiger partial charge is 0.465 e. The molecule has 0 spiro atoms. The Morgan fingerprint density at radius 3 is 2.50 bits per heavy atom. The summed E-state index contributed by atoms with van der Waals surface area (Å²) in [5.74, 6) is -0.697. The van der Waals surface area contributed by atoms with Crippen molar-refractivity contribution >= 4 is 17.6 Å². The van der Waals surface area contributed by atoms with Crippen molar-refractivity contribution in [3.63, 3.8) is 0 Å². The third-order valence-corrected chi connectivity index (χ3v) is 3.69. The molecule has 1 aromatic carbocycles. The third-order valence-electron chi connectivity index (χ3n) is 3.69. The van der Waals surface area contributed by atoms with Crippen LogP contribution in [0.1, 0.15) is 44.6 Å². The second-order valence-corrected chi connectivity index (χ2v) is 5.09. The zero-order valence-electron chi connectivity index (χ0n) is 13.2. The Kier molecular flexibility index (Phi) is 4.65. The Hall–Kier alpha value is -2.56. The normalized spacial score (nSPS) is 10.4. The van der Waals surface area contributed by atoms with Gasteiger partial charge in [0.1, 0.15) is 5.69 Å². The summed E-state index contributed by atoms with van der Waals surface area (Å²) in [6.45, 7) is 5.59. The number of benzene rings is 1. The number of nitrogens with one attached hydrogen (secondary N) is 2. The van der Waals surface area contributed by atoms with Crippen molar-refractivity contribution in [2.45, 2.75) is 27.2 Å². The minimum Gasteiger partial charge on any atom is -0.465 e. The highest BCUT2D eigenvalue weighted by molar-refractivity contribution is 6.07. The first kappa shape index (κ1) is 15.8. The monoisotopic (exact) mass is 300 g/mol. The molecule has 5 heteroatoms. The Bertz CT molecular complexity index is 717. The summed E-state index contributed by atoms with van der Waals surface area (Å²) in [5.41, 5.74) is 3.87. The van der Waals surface area contributed by atoms with Gasteiger partial charge in [-0.1, -0.05) is 25.1 Å². The lowest BCUT2D eigenvalue weighted by Crippen LogP contribution is -2.14. The first-order chi connectivity index (χ1) is 10.5. The molecule has 0 unspecified atom stereocenters. The zero-order valence-corrected chi connectivity index (χ0v) is 13.2. The van der Waals surface area contributed by atoms with Crippen molar-refractivity contribution in [1.82, 2.24) is 4.98 Å². The summed E-state index contributed by atoms with van der Waals surface area (Å²) in [6, 6.07) is 7.54. The van der Waals surface area contributed by atoms with Gasteiger partial charge in [-0.05, 0) is 37.5 Å². The molecule has 0 aliphatic rings. The van der Waals surface area contributed by atoms with Crippen molar-refractivity contribution in [1.29, 1.82) is 0 Å². The summed E-state index contributed by atoms with van der Waals surface area (Å²) in [5, 5.41) is 2.87. The molecule has 1 amide bonds. The second kappa shape index (κ2) is 6.47. The average molecular weight is 300 g/mol. The van der Waals surface area contributed by atoms with E-state index in [1.807, 2.05) is 38.1 Å². The number of amides is 1. The zero-order chi connectivity index (χ0) is 16.3. The number of ether oxygens (including phenoxy) is 1. The molecule has 0 atom stereocenters. The number of aromatic nitrogens is 1. The lowest BCUT2D eigenvalue weighted by atomic mass is 10.1. The van der Waals surface area contributed by atoms with Gasteiger partial charge >= 0.3 is 5.97 Å². The van der Waals surface area contributed by atoms with Crippen LogP contribution in [0, 0.1) is 13.8 Å². The number of aromatic amines is 1. The van der Waals surface area contributed by atoms with E-state index in [0.717, 1.165) is 11.3 Å². The Labute approximate surface area is 129 Å². The molecule has 116 valence electrons. The lowest BCUT2D eigenvalue weighted by Gasteiger charge is -2.07. The van der Waals surface area contributed by atoms with Gasteiger partial charge in [0.15, 0.2) is 0 Å². The Morgan fingerprint density at radius 2 is 1.91 bits per heavy atom. The van der Waals surface area contributed by atoms with E-state index in [4.69, 9.17) is 4.74 Å². The van der Waals surface area contributed by atoms with Crippen molar-refractivity contribution in [2.24, 2.45) is 0 Å². The molecule has 0 saturated carbocycles. The van der Waals surface area contributed by atoms with Crippen LogP contribution in [0.4, 0.5) is 5.69 Å². The van der Waals surface area contributed by atoms with E-state index in [2.05, 4.69) is 10.3 Å². The Morgan fingerprint density at radius 1 is 1.23 bits per heavy atom. The summed E-state index contributed by atoms with van der Waals surface area (Å²) in [4.78, 5) is 27.4. The van der Waals surface area contributed by atoms with Crippen molar-refractivity contribution < 1.29 is 14.3 Å². The number of esters is 1. The summed E-state index contributed by atoms with van der Waals surface area (Å²) >= 11 is 0. The SMILES string of the molecule is CCc1[nH]c(C(=O)Nc2ccccc2C)c(C)c1C(=O)OC. The van der Waals surface area contributed by atoms with Gasteiger partial charge in [-0.15, -0.1) is 0 Å². The Balaban J connectivity index is 2.37. The summed E-state index contributed by atoms with van der Waals surface area (Å²) in [6.07, 6.45) is 0.614. The fourth-order valence-electron chi connectivity index (χ4n) is 2.43. The van der Waals surface area contributed by atoms with E-state index in [1.165, 1.54) is 7.11 Å². The number of carbonyl (C=O) groups is 2. The predicted molar refractivity (Wildman–Crippen MR) is 85.4 cm³/mol. The number of hydrogen-bond donors (Lipinski definition) is 2. The van der Waals surface area contributed by atoms with Crippen LogP contribution in [0.2, 0.25) is 0 Å². The van der Waals surface area contributed by atoms with Gasteiger partial charge in [-0.2, -0.15) is 0 Å². The molecule has 2 rings (SSSR count). The molecule has 0 radical (unpaired) electrons. The quantitative estimate of drug-likeness (QED) is 0.852. The third kappa shape index (κ3) is 2.88. The minimum atomic E-state index is -0.430. The first-order valence-electron chi connectivity index (χ1n) is 7.16. The van der Waals surface area contributed by atoms with E-state index in [0.29, 0.717) is 28.9 Å². The highest BCUT2D eigenvalue weighted by Crippen LogP contribution is 2.22. The molecule has 0 bridgehead atoms. The molecule has 22 heavy (non-hydrogen) atoms. The molecule has 1 heterocycles. The van der Waals surface area contributed by atoms with Gasteiger partial charge in [-0.3, -0.25) is 4.79 Å². The number of rotatable bonds is 4. The number of carbonyl (C=O) groups excluding carboxylic acids is 2. The van der Waals surface area contributed by atoms with E-state index in [1.54, 1.807) is 6.92 Å². The number of hydrogen-bond acceptors (Lipinski definition) is 3. The van der Waals surface area contributed by atoms with Gasteiger partial charge in [0.25, 0.3) is 5.91 Å². The molecular weight excluding hydrogens is 280 g/mol. The molecule has 5 nitrogen and oxygen atoms in total. The van der Waals surface area contributed by atoms with Gasteiger partial charge in [0.05, 0.1) is 12.7 Å². The van der Waals surface area contributed by atoms with E-state index >= 15 is 0 Å². The molecule has 0 aliphatic heterocycles. The van der Waals surface area contributed by atoms with Crippen molar-refractivity contribution in [3.8, 4) is 0 Å². The highest BCUT2D eigenvalue weighted by Gasteiger charge is 2.23. The van der Waals surface area contributed by atoms with Crippen LogP contribution in [0.5, 0.6) is 0 Å². The van der Waals surface area contributed by atoms with E-state index in [-0.39, 0.29) is 5.91 Å². The van der Waals surface area contributed by atoms with Crippen LogP contribution in [-0.2, 0) is 11.2 Å². The number of H-pyrrole nitrogens is 1. The maximum absolute atomic E-state index is 12.5. The smallest absolute Gasteiger partial charge is 0.339 e. The van der Waals surface area contributed by atoms with Gasteiger partial charge in [0, 0.05) is 11.4 Å². The summed E-state index contributed by atoms with van der Waals surface area (Å²) < 4.78 is 4.80. The number of para-hydroxylation sites is 1. The van der Waals surface area contributed by atoms with E-state index < -0.39 is 5.97 Å². The van der Waals surface area contributed by atoms with Crippen LogP contribution in [0.25, 0.3) is 0 Å². The average Bonchev–Trinajstić information content (AvgIpc) is 2.85.